The first-order chi connectivity index (χ1) is 10.3. The smallest absolute Gasteiger partial charge is 0.241 e. The van der Waals surface area contributed by atoms with Crippen LogP contribution in [0.4, 0.5) is 5.69 Å². The monoisotopic (exact) mass is 304 g/mol. The third kappa shape index (κ3) is 3.61. The van der Waals surface area contributed by atoms with Gasteiger partial charge in [-0.15, -0.1) is 0 Å². The van der Waals surface area contributed by atoms with E-state index in [9.17, 15) is 4.79 Å². The van der Waals surface area contributed by atoms with Crippen LogP contribution < -0.4 is 10.6 Å². The normalized spacial score (nSPS) is 28.8. The Bertz CT molecular complexity index is 505. The second-order valence-electron chi connectivity index (χ2n) is 5.99. The lowest BCUT2D eigenvalue weighted by molar-refractivity contribution is -0.118. The molecule has 1 aliphatic heterocycles. The van der Waals surface area contributed by atoms with Crippen molar-refractivity contribution >= 4 is 23.4 Å². The molecule has 2 N–H and O–H groups in total. The molecule has 3 nitrogen and oxygen atoms in total. The number of hydrogen-bond acceptors (Lipinski definition) is 3. The summed E-state index contributed by atoms with van der Waals surface area (Å²) in [6, 6.07) is 8.60. The first-order valence-electron chi connectivity index (χ1n) is 8.02. The summed E-state index contributed by atoms with van der Waals surface area (Å²) in [4.78, 5) is 12.4. The zero-order valence-corrected chi connectivity index (χ0v) is 13.4. The zero-order chi connectivity index (χ0) is 14.7. The second-order valence-corrected chi connectivity index (χ2v) is 7.57. The summed E-state index contributed by atoms with van der Waals surface area (Å²) in [5, 5.41) is 7.46. The van der Waals surface area contributed by atoms with Gasteiger partial charge in [0, 0.05) is 17.0 Å². The average Bonchev–Trinajstić information content (AvgIpc) is 2.85. The minimum atomic E-state index is -0.0484. The van der Waals surface area contributed by atoms with Crippen molar-refractivity contribution in [3.8, 4) is 0 Å². The van der Waals surface area contributed by atoms with Crippen LogP contribution >= 0.6 is 11.8 Å². The van der Waals surface area contributed by atoms with Crippen LogP contribution in [0, 0.1) is 0 Å². The summed E-state index contributed by atoms with van der Waals surface area (Å²) in [5.74, 6) is 1.32. The molecular weight excluding hydrogens is 280 g/mol. The van der Waals surface area contributed by atoms with Gasteiger partial charge >= 0.3 is 0 Å². The summed E-state index contributed by atoms with van der Waals surface area (Å²) in [5.41, 5.74) is 2.23. The lowest BCUT2D eigenvalue weighted by Crippen LogP contribution is -2.44. The Morgan fingerprint density at radius 3 is 3.00 bits per heavy atom. The fraction of sp³-hybridized carbons (Fsp3) is 0.588. The van der Waals surface area contributed by atoms with Gasteiger partial charge in [-0.25, -0.2) is 0 Å². The number of amides is 1. The van der Waals surface area contributed by atoms with E-state index in [1.165, 1.54) is 30.6 Å². The number of rotatable bonds is 4. The van der Waals surface area contributed by atoms with E-state index in [0.717, 1.165) is 23.8 Å². The number of benzene rings is 1. The second kappa shape index (κ2) is 6.84. The van der Waals surface area contributed by atoms with Gasteiger partial charge in [0.2, 0.25) is 5.91 Å². The average molecular weight is 304 g/mol. The van der Waals surface area contributed by atoms with Gasteiger partial charge in [-0.05, 0) is 49.5 Å². The first-order valence-corrected chi connectivity index (χ1v) is 9.07. The molecule has 0 radical (unpaired) electrons. The highest BCUT2D eigenvalue weighted by Crippen LogP contribution is 2.30. The predicted molar refractivity (Wildman–Crippen MR) is 89.9 cm³/mol. The Labute approximate surface area is 131 Å². The van der Waals surface area contributed by atoms with Gasteiger partial charge in [0.15, 0.2) is 0 Å². The molecule has 21 heavy (non-hydrogen) atoms. The van der Waals surface area contributed by atoms with Crippen LogP contribution in [0.1, 0.15) is 38.2 Å². The van der Waals surface area contributed by atoms with Crippen molar-refractivity contribution in [1.82, 2.24) is 5.32 Å². The molecule has 1 aromatic carbocycles. The number of aryl methyl sites for hydroxylation is 1. The molecule has 114 valence electrons. The SMILES string of the molecule is CCSC1CCC(NC2CCc3ccccc3NC2=O)C1. The van der Waals surface area contributed by atoms with Gasteiger partial charge in [-0.3, -0.25) is 4.79 Å². The van der Waals surface area contributed by atoms with E-state index >= 15 is 0 Å². The van der Waals surface area contributed by atoms with Gasteiger partial charge in [0.05, 0.1) is 6.04 Å². The van der Waals surface area contributed by atoms with Crippen molar-refractivity contribution in [1.29, 1.82) is 0 Å². The Hall–Kier alpha value is -1.00. The Kier molecular flexibility index (Phi) is 4.86. The number of nitrogens with one attached hydrogen (secondary N) is 2. The molecule has 0 aromatic heterocycles. The fourth-order valence-corrected chi connectivity index (χ4v) is 4.58. The minimum absolute atomic E-state index is 0.0484. The number of para-hydroxylation sites is 1. The molecule has 1 fully saturated rings. The van der Waals surface area contributed by atoms with Gasteiger partial charge in [-0.2, -0.15) is 11.8 Å². The van der Waals surface area contributed by atoms with Crippen LogP contribution in [0.15, 0.2) is 24.3 Å². The van der Waals surface area contributed by atoms with Crippen LogP contribution in [-0.2, 0) is 11.2 Å². The van der Waals surface area contributed by atoms with Crippen LogP contribution in [-0.4, -0.2) is 29.0 Å². The third-order valence-electron chi connectivity index (χ3n) is 4.52. The standard InChI is InChI=1S/C17H24N2OS/c1-2-21-14-9-8-13(11-14)18-16-10-7-12-5-3-4-6-15(12)19-17(16)20/h3-6,13-14,16,18H,2,7-11H2,1H3,(H,19,20). The van der Waals surface area contributed by atoms with Crippen molar-refractivity contribution in [2.45, 2.75) is 56.4 Å². The summed E-state index contributed by atoms with van der Waals surface area (Å²) in [7, 11) is 0. The molecule has 4 heteroatoms. The number of hydrogen-bond donors (Lipinski definition) is 2. The lowest BCUT2D eigenvalue weighted by Gasteiger charge is -2.20. The summed E-state index contributed by atoms with van der Waals surface area (Å²) in [6.07, 6.45) is 5.55. The molecule has 1 heterocycles. The number of anilines is 1. The van der Waals surface area contributed by atoms with E-state index in [2.05, 4.69) is 35.4 Å². The molecule has 1 saturated carbocycles. The summed E-state index contributed by atoms with van der Waals surface area (Å²) < 4.78 is 0. The molecule has 0 spiro atoms. The van der Waals surface area contributed by atoms with E-state index in [-0.39, 0.29) is 11.9 Å². The predicted octanol–water partition coefficient (Wildman–Crippen LogP) is 3.20. The Morgan fingerprint density at radius 2 is 2.14 bits per heavy atom. The van der Waals surface area contributed by atoms with E-state index < -0.39 is 0 Å². The fourth-order valence-electron chi connectivity index (χ4n) is 3.43. The van der Waals surface area contributed by atoms with E-state index in [0.29, 0.717) is 6.04 Å². The number of carbonyl (C=O) groups is 1. The molecule has 1 aromatic rings. The zero-order valence-electron chi connectivity index (χ0n) is 12.6. The summed E-state index contributed by atoms with van der Waals surface area (Å²) in [6.45, 7) is 2.22. The van der Waals surface area contributed by atoms with Gasteiger partial charge in [0.1, 0.15) is 0 Å². The quantitative estimate of drug-likeness (QED) is 0.897. The largest absolute Gasteiger partial charge is 0.324 e. The van der Waals surface area contributed by atoms with Crippen molar-refractivity contribution in [3.05, 3.63) is 29.8 Å². The lowest BCUT2D eigenvalue weighted by atomic mass is 10.1. The molecule has 3 rings (SSSR count). The molecule has 1 aliphatic carbocycles. The minimum Gasteiger partial charge on any atom is -0.324 e. The van der Waals surface area contributed by atoms with Crippen LogP contribution in [0.5, 0.6) is 0 Å². The molecule has 1 amide bonds. The molecule has 0 bridgehead atoms. The molecule has 3 unspecified atom stereocenters. The highest BCUT2D eigenvalue weighted by Gasteiger charge is 2.30. The maximum atomic E-state index is 12.4. The summed E-state index contributed by atoms with van der Waals surface area (Å²) >= 11 is 2.06. The van der Waals surface area contributed by atoms with Crippen LogP contribution in [0.2, 0.25) is 0 Å². The van der Waals surface area contributed by atoms with Crippen molar-refractivity contribution in [2.24, 2.45) is 0 Å². The maximum Gasteiger partial charge on any atom is 0.241 e. The number of carbonyl (C=O) groups excluding carboxylic acids is 1. The number of fused-ring (bicyclic) bond motifs is 1. The van der Waals surface area contributed by atoms with Crippen LogP contribution in [0.25, 0.3) is 0 Å². The van der Waals surface area contributed by atoms with Crippen molar-refractivity contribution < 1.29 is 4.79 Å². The third-order valence-corrected chi connectivity index (χ3v) is 5.75. The molecule has 3 atom stereocenters. The highest BCUT2D eigenvalue weighted by molar-refractivity contribution is 7.99. The Balaban J connectivity index is 1.59. The highest BCUT2D eigenvalue weighted by atomic mass is 32.2. The molecular formula is C17H24N2OS. The van der Waals surface area contributed by atoms with E-state index in [4.69, 9.17) is 0 Å². The van der Waals surface area contributed by atoms with E-state index in [1.54, 1.807) is 0 Å². The molecule has 2 aliphatic rings. The van der Waals surface area contributed by atoms with Gasteiger partial charge in [0.25, 0.3) is 0 Å². The van der Waals surface area contributed by atoms with Gasteiger partial charge in [-0.1, -0.05) is 25.1 Å². The van der Waals surface area contributed by atoms with Crippen molar-refractivity contribution in [3.63, 3.8) is 0 Å². The Morgan fingerprint density at radius 1 is 1.29 bits per heavy atom. The molecule has 0 saturated heterocycles. The number of thioether (sulfide) groups is 1. The van der Waals surface area contributed by atoms with E-state index in [1.807, 2.05) is 18.2 Å². The topological polar surface area (TPSA) is 41.1 Å². The van der Waals surface area contributed by atoms with Crippen LogP contribution in [0.3, 0.4) is 0 Å². The van der Waals surface area contributed by atoms with Crippen molar-refractivity contribution in [2.75, 3.05) is 11.1 Å². The van der Waals surface area contributed by atoms with Gasteiger partial charge < -0.3 is 10.6 Å². The maximum absolute atomic E-state index is 12.4. The first kappa shape index (κ1) is 14.9.